The van der Waals surface area contributed by atoms with Gasteiger partial charge in [-0.25, -0.2) is 0 Å². The molecular weight excluding hydrogens is 322 g/mol. The molecule has 1 fully saturated rings. The Kier molecular flexibility index (Phi) is 9.38. The van der Waals surface area contributed by atoms with E-state index < -0.39 is 0 Å². The highest BCUT2D eigenvalue weighted by Crippen LogP contribution is 2.48. The molecule has 0 aromatic carbocycles. The van der Waals surface area contributed by atoms with E-state index in [0.29, 0.717) is 11.8 Å². The third-order valence-corrected chi connectivity index (χ3v) is 6.21. The summed E-state index contributed by atoms with van der Waals surface area (Å²) in [5.41, 5.74) is 1.61. The third-order valence-electron chi connectivity index (χ3n) is 6.21. The van der Waals surface area contributed by atoms with Gasteiger partial charge in [0.05, 0.1) is 12.2 Å². The zero-order chi connectivity index (χ0) is 18.9. The zero-order valence-corrected chi connectivity index (χ0v) is 17.2. The number of aliphatic hydroxyl groups excluding tert-OH is 2. The Morgan fingerprint density at radius 2 is 2.00 bits per heavy atom. The lowest BCUT2D eigenvalue weighted by Crippen LogP contribution is -2.18. The van der Waals surface area contributed by atoms with Gasteiger partial charge in [0.1, 0.15) is 0 Å². The molecule has 2 rings (SSSR count). The molecule has 3 nitrogen and oxygen atoms in total. The summed E-state index contributed by atoms with van der Waals surface area (Å²) in [6.07, 6.45) is 17.4. The third kappa shape index (κ3) is 6.83. The van der Waals surface area contributed by atoms with E-state index in [9.17, 15) is 10.2 Å². The molecular formula is C23H41NO2. The molecule has 5 unspecified atom stereocenters. The highest BCUT2D eigenvalue weighted by molar-refractivity contribution is 5.20. The Morgan fingerprint density at radius 1 is 1.19 bits per heavy atom. The van der Waals surface area contributed by atoms with E-state index in [0.717, 1.165) is 25.7 Å². The van der Waals surface area contributed by atoms with Crippen molar-refractivity contribution in [3.05, 3.63) is 23.8 Å². The highest BCUT2D eigenvalue weighted by Gasteiger charge is 2.43. The Labute approximate surface area is 161 Å². The van der Waals surface area contributed by atoms with Crippen molar-refractivity contribution in [2.45, 2.75) is 83.3 Å². The fourth-order valence-corrected chi connectivity index (χ4v) is 4.70. The average Bonchev–Trinajstić information content (AvgIpc) is 3.09. The van der Waals surface area contributed by atoms with Crippen molar-refractivity contribution < 1.29 is 10.2 Å². The molecule has 26 heavy (non-hydrogen) atoms. The van der Waals surface area contributed by atoms with Crippen LogP contribution in [0.4, 0.5) is 0 Å². The summed E-state index contributed by atoms with van der Waals surface area (Å²) < 4.78 is 0. The number of unbranched alkanes of at least 4 members (excludes halogenated alkanes) is 4. The highest BCUT2D eigenvalue weighted by atomic mass is 16.3. The lowest BCUT2D eigenvalue weighted by atomic mass is 9.88. The Hall–Kier alpha value is -0.640. The SMILES string of the molecule is CCCCCC(O)/C=C/C1C(O)CC2C=C(CCCCCN(C)C)CC21. The van der Waals surface area contributed by atoms with Crippen molar-refractivity contribution in [3.8, 4) is 0 Å². The number of hydrogen-bond acceptors (Lipinski definition) is 3. The second-order valence-corrected chi connectivity index (χ2v) is 8.80. The van der Waals surface area contributed by atoms with Crippen LogP contribution >= 0.6 is 0 Å². The van der Waals surface area contributed by atoms with Crippen molar-refractivity contribution >= 4 is 0 Å². The van der Waals surface area contributed by atoms with Crippen LogP contribution < -0.4 is 0 Å². The van der Waals surface area contributed by atoms with Crippen LogP contribution in [0.1, 0.15) is 71.1 Å². The maximum Gasteiger partial charge on any atom is 0.0721 e. The van der Waals surface area contributed by atoms with E-state index in [1.54, 1.807) is 5.57 Å². The van der Waals surface area contributed by atoms with Crippen molar-refractivity contribution in [1.82, 2.24) is 4.90 Å². The van der Waals surface area contributed by atoms with E-state index >= 15 is 0 Å². The first kappa shape index (κ1) is 21.7. The van der Waals surface area contributed by atoms with Crippen molar-refractivity contribution in [3.63, 3.8) is 0 Å². The minimum Gasteiger partial charge on any atom is -0.392 e. The number of allylic oxidation sites excluding steroid dienone is 2. The van der Waals surface area contributed by atoms with Gasteiger partial charge in [-0.2, -0.15) is 0 Å². The van der Waals surface area contributed by atoms with E-state index in [2.05, 4.69) is 38.1 Å². The van der Waals surface area contributed by atoms with Crippen LogP contribution in [0.3, 0.4) is 0 Å². The van der Waals surface area contributed by atoms with Crippen molar-refractivity contribution in [1.29, 1.82) is 0 Å². The van der Waals surface area contributed by atoms with Gasteiger partial charge in [0, 0.05) is 5.92 Å². The Morgan fingerprint density at radius 3 is 2.73 bits per heavy atom. The second kappa shape index (κ2) is 11.3. The van der Waals surface area contributed by atoms with Gasteiger partial charge < -0.3 is 15.1 Å². The van der Waals surface area contributed by atoms with Gasteiger partial charge in [-0.3, -0.25) is 0 Å². The first-order valence-electron chi connectivity index (χ1n) is 10.9. The smallest absolute Gasteiger partial charge is 0.0721 e. The van der Waals surface area contributed by atoms with Crippen LogP contribution in [0.25, 0.3) is 0 Å². The van der Waals surface area contributed by atoms with E-state index in [1.807, 2.05) is 6.08 Å². The monoisotopic (exact) mass is 363 g/mol. The Balaban J connectivity index is 1.74. The molecule has 150 valence electrons. The maximum atomic E-state index is 10.4. The molecule has 1 saturated carbocycles. The van der Waals surface area contributed by atoms with E-state index in [-0.39, 0.29) is 18.1 Å². The first-order valence-corrected chi connectivity index (χ1v) is 10.9. The minimum absolute atomic E-state index is 0.225. The molecule has 2 aliphatic rings. The fraction of sp³-hybridized carbons (Fsp3) is 0.826. The van der Waals surface area contributed by atoms with Gasteiger partial charge in [-0.1, -0.05) is 56.4 Å². The molecule has 0 aromatic rings. The predicted octanol–water partition coefficient (Wildman–Crippen LogP) is 4.55. The van der Waals surface area contributed by atoms with Crippen molar-refractivity contribution in [2.75, 3.05) is 20.6 Å². The Bertz CT molecular complexity index is 457. The molecule has 0 aliphatic heterocycles. The largest absolute Gasteiger partial charge is 0.392 e. The molecule has 0 bridgehead atoms. The van der Waals surface area contributed by atoms with Crippen LogP contribution in [0.15, 0.2) is 23.8 Å². The summed E-state index contributed by atoms with van der Waals surface area (Å²) in [7, 11) is 4.28. The molecule has 5 atom stereocenters. The van der Waals surface area contributed by atoms with Gasteiger partial charge in [-0.15, -0.1) is 0 Å². The number of hydrogen-bond donors (Lipinski definition) is 2. The molecule has 3 heteroatoms. The number of aliphatic hydroxyl groups is 2. The van der Waals surface area contributed by atoms with Gasteiger partial charge in [0.2, 0.25) is 0 Å². The zero-order valence-electron chi connectivity index (χ0n) is 17.2. The molecule has 0 amide bonds. The van der Waals surface area contributed by atoms with Crippen LogP contribution in [-0.2, 0) is 0 Å². The molecule has 0 heterocycles. The fourth-order valence-electron chi connectivity index (χ4n) is 4.70. The summed E-state index contributed by atoms with van der Waals surface area (Å²) in [6.45, 7) is 3.37. The van der Waals surface area contributed by atoms with Gasteiger partial charge in [0.15, 0.2) is 0 Å². The lowest BCUT2D eigenvalue weighted by Gasteiger charge is -2.19. The number of fused-ring (bicyclic) bond motifs is 1. The van der Waals surface area contributed by atoms with Gasteiger partial charge in [-0.05, 0) is 71.0 Å². The minimum atomic E-state index is -0.349. The normalized spacial score (nSPS) is 29.5. The van der Waals surface area contributed by atoms with Crippen LogP contribution in [0.2, 0.25) is 0 Å². The predicted molar refractivity (Wildman–Crippen MR) is 110 cm³/mol. The van der Waals surface area contributed by atoms with Gasteiger partial charge >= 0.3 is 0 Å². The number of rotatable bonds is 12. The van der Waals surface area contributed by atoms with Crippen molar-refractivity contribution in [2.24, 2.45) is 17.8 Å². The van der Waals surface area contributed by atoms with Crippen LogP contribution in [0, 0.1) is 17.8 Å². The molecule has 0 radical (unpaired) electrons. The van der Waals surface area contributed by atoms with Gasteiger partial charge in [0.25, 0.3) is 0 Å². The summed E-state index contributed by atoms with van der Waals surface area (Å²) in [4.78, 5) is 2.26. The average molecular weight is 364 g/mol. The van der Waals surface area contributed by atoms with Crippen LogP contribution in [-0.4, -0.2) is 48.0 Å². The van der Waals surface area contributed by atoms with E-state index in [4.69, 9.17) is 0 Å². The molecule has 2 aliphatic carbocycles. The number of nitrogens with zero attached hydrogens (tertiary/aromatic N) is 1. The molecule has 0 saturated heterocycles. The standard InChI is InChI=1S/C23H41NO2/c1-4-5-7-11-20(25)12-13-21-22-16-18(15-19(22)17-23(21)26)10-8-6-9-14-24(2)3/h12-13,15,19-23,25-26H,4-11,14,16-17H2,1-3H3/b13-12+. The topological polar surface area (TPSA) is 43.7 Å². The summed E-state index contributed by atoms with van der Waals surface area (Å²) in [5.74, 6) is 1.33. The summed E-state index contributed by atoms with van der Waals surface area (Å²) in [6, 6.07) is 0. The maximum absolute atomic E-state index is 10.4. The second-order valence-electron chi connectivity index (χ2n) is 8.80. The molecule has 0 aromatic heterocycles. The summed E-state index contributed by atoms with van der Waals surface area (Å²) >= 11 is 0. The lowest BCUT2D eigenvalue weighted by molar-refractivity contribution is 0.139. The quantitative estimate of drug-likeness (QED) is 0.395. The van der Waals surface area contributed by atoms with E-state index in [1.165, 1.54) is 45.1 Å². The molecule has 0 spiro atoms. The first-order chi connectivity index (χ1) is 12.5. The van der Waals surface area contributed by atoms with Crippen LogP contribution in [0.5, 0.6) is 0 Å². The summed E-state index contributed by atoms with van der Waals surface area (Å²) in [5, 5.41) is 20.6. The molecule has 2 N–H and O–H groups in total.